The van der Waals surface area contributed by atoms with Crippen LogP contribution in [0.4, 0.5) is 4.39 Å². The molecule has 0 N–H and O–H groups in total. The van der Waals surface area contributed by atoms with Crippen molar-refractivity contribution in [3.8, 4) is 11.1 Å². The third kappa shape index (κ3) is 3.14. The molecule has 0 amide bonds. The lowest BCUT2D eigenvalue weighted by Crippen LogP contribution is -2.22. The highest BCUT2D eigenvalue weighted by molar-refractivity contribution is 5.83. The summed E-state index contributed by atoms with van der Waals surface area (Å²) >= 11 is 0. The van der Waals surface area contributed by atoms with Crippen LogP contribution in [0.25, 0.3) is 33.2 Å². The van der Waals surface area contributed by atoms with E-state index in [-0.39, 0.29) is 17.9 Å². The maximum absolute atomic E-state index is 14.9. The van der Waals surface area contributed by atoms with Crippen LogP contribution in [0.15, 0.2) is 84.0 Å². The Morgan fingerprint density at radius 3 is 2.55 bits per heavy atom. The molecule has 0 saturated heterocycles. The molecule has 5 aromatic rings. The molecule has 0 atom stereocenters. The summed E-state index contributed by atoms with van der Waals surface area (Å²) in [6, 6.07) is 18.3. The van der Waals surface area contributed by atoms with Crippen LogP contribution in [0, 0.1) is 5.82 Å². The van der Waals surface area contributed by atoms with E-state index in [1.54, 1.807) is 30.6 Å². The van der Waals surface area contributed by atoms with Gasteiger partial charge in [0.2, 0.25) is 0 Å². The zero-order chi connectivity index (χ0) is 19.8. The van der Waals surface area contributed by atoms with Crippen molar-refractivity contribution in [2.75, 3.05) is 0 Å². The van der Waals surface area contributed by atoms with Crippen molar-refractivity contribution in [1.82, 2.24) is 19.5 Å². The maximum atomic E-state index is 14.9. The van der Waals surface area contributed by atoms with Crippen molar-refractivity contribution in [1.29, 1.82) is 0 Å². The topological polar surface area (TPSA) is 60.7 Å². The minimum absolute atomic E-state index is 0.0803. The number of hydrogen-bond acceptors (Lipinski definition) is 4. The average Bonchev–Trinajstić information content (AvgIpc) is 2.76. The summed E-state index contributed by atoms with van der Waals surface area (Å²) in [6.07, 6.45) is 4.56. The van der Waals surface area contributed by atoms with Gasteiger partial charge < -0.3 is 0 Å². The maximum Gasteiger partial charge on any atom is 0.270 e. The summed E-state index contributed by atoms with van der Waals surface area (Å²) in [5.74, 6) is -0.386. The molecule has 0 unspecified atom stereocenters. The van der Waals surface area contributed by atoms with Crippen LogP contribution in [0.2, 0.25) is 0 Å². The largest absolute Gasteiger partial charge is 0.285 e. The molecule has 3 heterocycles. The monoisotopic (exact) mass is 382 g/mol. The first-order valence-electron chi connectivity index (χ1n) is 9.13. The third-order valence-corrected chi connectivity index (χ3v) is 4.91. The van der Waals surface area contributed by atoms with Crippen LogP contribution in [0.5, 0.6) is 0 Å². The number of hydrogen-bond donors (Lipinski definition) is 0. The van der Waals surface area contributed by atoms with Gasteiger partial charge in [0.25, 0.3) is 5.56 Å². The number of nitrogens with zero attached hydrogens (tertiary/aromatic N) is 4. The van der Waals surface area contributed by atoms with Gasteiger partial charge >= 0.3 is 0 Å². The molecular weight excluding hydrogens is 367 g/mol. The number of aromatic nitrogens is 4. The van der Waals surface area contributed by atoms with E-state index in [4.69, 9.17) is 0 Å². The smallest absolute Gasteiger partial charge is 0.270 e. The fourth-order valence-electron chi connectivity index (χ4n) is 3.40. The normalized spacial score (nSPS) is 11.2. The molecule has 0 radical (unpaired) electrons. The first kappa shape index (κ1) is 17.2. The number of fused-ring (bicyclic) bond motifs is 2. The van der Waals surface area contributed by atoms with Crippen LogP contribution in [0.1, 0.15) is 5.56 Å². The minimum atomic E-state index is -0.386. The van der Waals surface area contributed by atoms with Gasteiger partial charge in [0.1, 0.15) is 11.3 Å². The molecule has 140 valence electrons. The van der Waals surface area contributed by atoms with Crippen LogP contribution >= 0.6 is 0 Å². The second-order valence-electron chi connectivity index (χ2n) is 6.75. The molecule has 0 aliphatic heterocycles. The van der Waals surface area contributed by atoms with Crippen molar-refractivity contribution in [2.45, 2.75) is 6.54 Å². The van der Waals surface area contributed by atoms with Gasteiger partial charge in [0, 0.05) is 28.9 Å². The Morgan fingerprint density at radius 1 is 0.828 bits per heavy atom. The fourth-order valence-corrected chi connectivity index (χ4v) is 3.40. The third-order valence-electron chi connectivity index (χ3n) is 4.91. The molecule has 6 heteroatoms. The molecule has 0 saturated carbocycles. The fraction of sp³-hybridized carbons (Fsp3) is 0.0435. The lowest BCUT2D eigenvalue weighted by atomic mass is 10.0. The first-order valence-corrected chi connectivity index (χ1v) is 9.13. The minimum Gasteiger partial charge on any atom is -0.285 e. The highest BCUT2D eigenvalue weighted by Crippen LogP contribution is 2.25. The van der Waals surface area contributed by atoms with Gasteiger partial charge in [-0.1, -0.05) is 30.3 Å². The van der Waals surface area contributed by atoms with Gasteiger partial charge in [0.15, 0.2) is 5.65 Å². The first-order chi connectivity index (χ1) is 14.2. The molecule has 0 spiro atoms. The molecule has 0 aliphatic rings. The van der Waals surface area contributed by atoms with Gasteiger partial charge in [-0.2, -0.15) is 0 Å². The van der Waals surface area contributed by atoms with Crippen LogP contribution in [0.3, 0.4) is 0 Å². The lowest BCUT2D eigenvalue weighted by molar-refractivity contribution is 0.599. The quantitative estimate of drug-likeness (QED) is 0.469. The van der Waals surface area contributed by atoms with E-state index in [1.165, 1.54) is 16.8 Å². The number of halogens is 1. The number of rotatable bonds is 3. The van der Waals surface area contributed by atoms with Crippen LogP contribution in [-0.2, 0) is 6.54 Å². The van der Waals surface area contributed by atoms with E-state index in [9.17, 15) is 9.18 Å². The predicted molar refractivity (Wildman–Crippen MR) is 110 cm³/mol. The zero-order valence-corrected chi connectivity index (χ0v) is 15.3. The molecule has 5 nitrogen and oxygen atoms in total. The Morgan fingerprint density at radius 2 is 1.66 bits per heavy atom. The second-order valence-corrected chi connectivity index (χ2v) is 6.75. The Kier molecular flexibility index (Phi) is 4.09. The van der Waals surface area contributed by atoms with Crippen molar-refractivity contribution in [2.24, 2.45) is 0 Å². The van der Waals surface area contributed by atoms with Gasteiger partial charge in [-0.25, -0.2) is 14.4 Å². The van der Waals surface area contributed by atoms with Gasteiger partial charge in [0.05, 0.1) is 18.3 Å². The molecule has 3 aromatic heterocycles. The number of benzene rings is 2. The van der Waals surface area contributed by atoms with E-state index >= 15 is 0 Å². The van der Waals surface area contributed by atoms with Crippen molar-refractivity contribution in [3.63, 3.8) is 0 Å². The molecule has 0 fully saturated rings. The Labute approximate surface area is 165 Å². The Bertz CT molecular complexity index is 1430. The zero-order valence-electron chi connectivity index (χ0n) is 15.3. The van der Waals surface area contributed by atoms with Crippen LogP contribution in [-0.4, -0.2) is 19.5 Å². The summed E-state index contributed by atoms with van der Waals surface area (Å²) in [7, 11) is 0. The van der Waals surface area contributed by atoms with Gasteiger partial charge in [-0.15, -0.1) is 0 Å². The van der Waals surface area contributed by atoms with Gasteiger partial charge in [-0.05, 0) is 35.9 Å². The average molecular weight is 382 g/mol. The highest BCUT2D eigenvalue weighted by Gasteiger charge is 2.11. The molecular formula is C23H15FN4O. The predicted octanol–water partition coefficient (Wildman–Crippen LogP) is 4.19. The van der Waals surface area contributed by atoms with Gasteiger partial charge in [-0.3, -0.25) is 14.3 Å². The number of para-hydroxylation sites is 1. The molecule has 0 bridgehead atoms. The molecule has 2 aromatic carbocycles. The van der Waals surface area contributed by atoms with Crippen molar-refractivity contribution in [3.05, 3.63) is 101 Å². The standard InChI is InChI=1S/C23H15FN4O/c24-19-11-15(18-10-16-4-1-2-5-20(16)26-12-18)7-8-17(19)14-28-22(29)13-27-21-6-3-9-25-23(21)28/h1-13H,14H2. The molecule has 29 heavy (non-hydrogen) atoms. The summed E-state index contributed by atoms with van der Waals surface area (Å²) < 4.78 is 16.3. The van der Waals surface area contributed by atoms with E-state index in [1.807, 2.05) is 36.4 Å². The van der Waals surface area contributed by atoms with E-state index in [0.29, 0.717) is 16.7 Å². The summed E-state index contributed by atoms with van der Waals surface area (Å²) in [5, 5.41) is 0.996. The molecule has 5 rings (SSSR count). The summed E-state index contributed by atoms with van der Waals surface area (Å²) in [4.78, 5) is 25.1. The van der Waals surface area contributed by atoms with Crippen molar-refractivity contribution < 1.29 is 4.39 Å². The summed E-state index contributed by atoms with van der Waals surface area (Å²) in [5.41, 5.74) is 3.57. The SMILES string of the molecule is O=c1cnc2cccnc2n1Cc1ccc(-c2cnc3ccccc3c2)cc1F. The van der Waals surface area contributed by atoms with Crippen LogP contribution < -0.4 is 5.56 Å². The van der Waals surface area contributed by atoms with E-state index < -0.39 is 0 Å². The van der Waals surface area contributed by atoms with E-state index in [2.05, 4.69) is 15.0 Å². The summed E-state index contributed by atoms with van der Waals surface area (Å²) in [6.45, 7) is 0.0803. The number of pyridine rings is 2. The molecule has 0 aliphatic carbocycles. The second kappa shape index (κ2) is 6.91. The van der Waals surface area contributed by atoms with E-state index in [0.717, 1.165) is 22.0 Å². The highest BCUT2D eigenvalue weighted by atomic mass is 19.1. The Balaban J connectivity index is 1.53. The lowest BCUT2D eigenvalue weighted by Gasteiger charge is -2.11. The van der Waals surface area contributed by atoms with Crippen molar-refractivity contribution >= 4 is 22.1 Å². The Hall–Kier alpha value is -3.93.